The van der Waals surface area contributed by atoms with Gasteiger partial charge in [0.25, 0.3) is 0 Å². The van der Waals surface area contributed by atoms with Crippen molar-refractivity contribution in [1.82, 2.24) is 0 Å². The number of amides is 1. The molecule has 1 unspecified atom stereocenters. The summed E-state index contributed by atoms with van der Waals surface area (Å²) < 4.78 is 0. The van der Waals surface area contributed by atoms with Crippen molar-refractivity contribution in [1.29, 1.82) is 0 Å². The molecule has 0 radical (unpaired) electrons. The quantitative estimate of drug-likeness (QED) is 0.604. The average molecular weight is 151 g/mol. The molecule has 0 aliphatic heterocycles. The standard InChI is InChI=1S/C9H13NO/c1-7-5-3-4-6-9(7,2)8(10)11/h3-5H,6H2,1-2H3,(H2,10,11). The first-order valence-corrected chi connectivity index (χ1v) is 3.71. The molecular weight excluding hydrogens is 138 g/mol. The maximum atomic E-state index is 11.0. The molecule has 0 aromatic carbocycles. The molecule has 2 nitrogen and oxygen atoms in total. The van der Waals surface area contributed by atoms with Crippen molar-refractivity contribution >= 4 is 5.91 Å². The Kier molecular flexibility index (Phi) is 1.85. The zero-order valence-corrected chi connectivity index (χ0v) is 6.92. The fourth-order valence-electron chi connectivity index (χ4n) is 1.16. The SMILES string of the molecule is CC1=CC=CCC1(C)C(N)=O. The molecule has 2 heteroatoms. The van der Waals surface area contributed by atoms with Gasteiger partial charge in [0.2, 0.25) is 5.91 Å². The molecule has 0 heterocycles. The van der Waals surface area contributed by atoms with E-state index in [4.69, 9.17) is 5.73 Å². The number of carbonyl (C=O) groups excluding carboxylic acids is 1. The van der Waals surface area contributed by atoms with Gasteiger partial charge < -0.3 is 5.73 Å². The number of primary amides is 1. The minimum Gasteiger partial charge on any atom is -0.369 e. The summed E-state index contributed by atoms with van der Waals surface area (Å²) in [7, 11) is 0. The summed E-state index contributed by atoms with van der Waals surface area (Å²) in [5.74, 6) is -0.240. The van der Waals surface area contributed by atoms with Crippen LogP contribution in [0.25, 0.3) is 0 Å². The van der Waals surface area contributed by atoms with E-state index in [0.717, 1.165) is 12.0 Å². The van der Waals surface area contributed by atoms with Crippen LogP contribution < -0.4 is 5.73 Å². The van der Waals surface area contributed by atoms with Crippen LogP contribution in [0.1, 0.15) is 20.3 Å². The Hall–Kier alpha value is -1.05. The molecule has 60 valence electrons. The Labute approximate surface area is 66.8 Å². The number of hydrogen-bond acceptors (Lipinski definition) is 1. The van der Waals surface area contributed by atoms with Crippen LogP contribution in [0.3, 0.4) is 0 Å². The average Bonchev–Trinajstić information content (AvgIpc) is 1.95. The molecule has 1 atom stereocenters. The van der Waals surface area contributed by atoms with Gasteiger partial charge in [-0.3, -0.25) is 4.79 Å². The van der Waals surface area contributed by atoms with Gasteiger partial charge in [0, 0.05) is 0 Å². The van der Waals surface area contributed by atoms with E-state index in [-0.39, 0.29) is 5.91 Å². The van der Waals surface area contributed by atoms with E-state index in [1.807, 2.05) is 32.1 Å². The van der Waals surface area contributed by atoms with Crippen LogP contribution in [0, 0.1) is 5.41 Å². The van der Waals surface area contributed by atoms with E-state index >= 15 is 0 Å². The zero-order valence-electron chi connectivity index (χ0n) is 6.92. The number of rotatable bonds is 1. The molecule has 1 aliphatic carbocycles. The lowest BCUT2D eigenvalue weighted by Crippen LogP contribution is -2.35. The summed E-state index contributed by atoms with van der Waals surface area (Å²) in [6.07, 6.45) is 6.59. The second-order valence-electron chi connectivity index (χ2n) is 3.18. The third-order valence-corrected chi connectivity index (χ3v) is 2.42. The maximum Gasteiger partial charge on any atom is 0.227 e. The highest BCUT2D eigenvalue weighted by Gasteiger charge is 2.32. The number of nitrogens with two attached hydrogens (primary N) is 1. The highest BCUT2D eigenvalue weighted by Crippen LogP contribution is 2.33. The molecule has 0 bridgehead atoms. The molecule has 0 saturated carbocycles. The molecule has 0 fully saturated rings. The largest absolute Gasteiger partial charge is 0.369 e. The Balaban J connectivity index is 2.97. The Morgan fingerprint density at radius 2 is 2.36 bits per heavy atom. The fraction of sp³-hybridized carbons (Fsp3) is 0.444. The molecule has 0 aromatic rings. The number of allylic oxidation sites excluding steroid dienone is 3. The molecule has 0 saturated heterocycles. The highest BCUT2D eigenvalue weighted by atomic mass is 16.1. The first kappa shape index (κ1) is 8.05. The van der Waals surface area contributed by atoms with E-state index < -0.39 is 5.41 Å². The van der Waals surface area contributed by atoms with Gasteiger partial charge in [-0.25, -0.2) is 0 Å². The third kappa shape index (κ3) is 1.20. The molecule has 11 heavy (non-hydrogen) atoms. The number of carbonyl (C=O) groups is 1. The van der Waals surface area contributed by atoms with Gasteiger partial charge in [-0.2, -0.15) is 0 Å². The normalized spacial score (nSPS) is 29.8. The van der Waals surface area contributed by atoms with Crippen molar-refractivity contribution in [3.63, 3.8) is 0 Å². The summed E-state index contributed by atoms with van der Waals surface area (Å²) in [4.78, 5) is 11.0. The predicted octanol–water partition coefficient (Wildman–Crippen LogP) is 1.38. The monoisotopic (exact) mass is 151 g/mol. The van der Waals surface area contributed by atoms with E-state index in [2.05, 4.69) is 0 Å². The Morgan fingerprint density at radius 3 is 2.73 bits per heavy atom. The smallest absolute Gasteiger partial charge is 0.227 e. The van der Waals surface area contributed by atoms with Crippen molar-refractivity contribution < 1.29 is 4.79 Å². The van der Waals surface area contributed by atoms with Crippen molar-refractivity contribution in [2.75, 3.05) is 0 Å². The van der Waals surface area contributed by atoms with Crippen LogP contribution in [0.5, 0.6) is 0 Å². The van der Waals surface area contributed by atoms with Gasteiger partial charge in [0.05, 0.1) is 5.41 Å². The van der Waals surface area contributed by atoms with Crippen molar-refractivity contribution in [3.8, 4) is 0 Å². The lowest BCUT2D eigenvalue weighted by molar-refractivity contribution is -0.124. The van der Waals surface area contributed by atoms with Crippen LogP contribution in [0.2, 0.25) is 0 Å². The zero-order chi connectivity index (χ0) is 8.48. The van der Waals surface area contributed by atoms with E-state index in [1.54, 1.807) is 0 Å². The number of hydrogen-bond donors (Lipinski definition) is 1. The Morgan fingerprint density at radius 1 is 1.73 bits per heavy atom. The Bertz CT molecular complexity index is 240. The summed E-state index contributed by atoms with van der Waals surface area (Å²) in [5, 5.41) is 0. The first-order chi connectivity index (χ1) is 5.07. The molecule has 2 N–H and O–H groups in total. The van der Waals surface area contributed by atoms with Crippen molar-refractivity contribution in [2.45, 2.75) is 20.3 Å². The highest BCUT2D eigenvalue weighted by molar-refractivity contribution is 5.84. The second-order valence-corrected chi connectivity index (χ2v) is 3.18. The lowest BCUT2D eigenvalue weighted by atomic mass is 9.77. The summed E-state index contributed by atoms with van der Waals surface area (Å²) in [5.41, 5.74) is 5.88. The van der Waals surface area contributed by atoms with Gasteiger partial charge in [-0.1, -0.05) is 23.8 Å². The van der Waals surface area contributed by atoms with Crippen molar-refractivity contribution in [3.05, 3.63) is 23.8 Å². The van der Waals surface area contributed by atoms with Crippen molar-refractivity contribution in [2.24, 2.45) is 11.1 Å². The first-order valence-electron chi connectivity index (χ1n) is 3.71. The molecular formula is C9H13NO. The molecule has 0 spiro atoms. The van der Waals surface area contributed by atoms with Crippen LogP contribution in [0.4, 0.5) is 0 Å². The summed E-state index contributed by atoms with van der Waals surface area (Å²) in [6, 6.07) is 0. The lowest BCUT2D eigenvalue weighted by Gasteiger charge is -2.27. The minimum absolute atomic E-state index is 0.240. The van der Waals surface area contributed by atoms with E-state index in [1.165, 1.54) is 0 Å². The fourth-order valence-corrected chi connectivity index (χ4v) is 1.16. The molecule has 0 aromatic heterocycles. The topological polar surface area (TPSA) is 43.1 Å². The van der Waals surface area contributed by atoms with E-state index in [9.17, 15) is 4.79 Å². The van der Waals surface area contributed by atoms with Gasteiger partial charge in [0.1, 0.15) is 0 Å². The van der Waals surface area contributed by atoms with Crippen LogP contribution in [-0.4, -0.2) is 5.91 Å². The third-order valence-electron chi connectivity index (χ3n) is 2.42. The van der Waals surface area contributed by atoms with Gasteiger partial charge >= 0.3 is 0 Å². The van der Waals surface area contributed by atoms with Gasteiger partial charge in [-0.15, -0.1) is 0 Å². The molecule has 1 amide bonds. The summed E-state index contributed by atoms with van der Waals surface area (Å²) >= 11 is 0. The molecule has 1 rings (SSSR count). The molecule has 1 aliphatic rings. The second kappa shape index (κ2) is 2.53. The predicted molar refractivity (Wildman–Crippen MR) is 44.8 cm³/mol. The van der Waals surface area contributed by atoms with Gasteiger partial charge in [0.15, 0.2) is 0 Å². The maximum absolute atomic E-state index is 11.0. The van der Waals surface area contributed by atoms with Crippen LogP contribution in [0.15, 0.2) is 23.8 Å². The minimum atomic E-state index is -0.450. The van der Waals surface area contributed by atoms with Gasteiger partial charge in [-0.05, 0) is 20.3 Å². The van der Waals surface area contributed by atoms with E-state index in [0.29, 0.717) is 0 Å². The van der Waals surface area contributed by atoms with Crippen LogP contribution in [-0.2, 0) is 4.79 Å². The summed E-state index contributed by atoms with van der Waals surface area (Å²) in [6.45, 7) is 3.82. The van der Waals surface area contributed by atoms with Crippen LogP contribution >= 0.6 is 0 Å².